The molecule has 0 aliphatic heterocycles. The van der Waals surface area contributed by atoms with E-state index in [9.17, 15) is 14.4 Å². The predicted octanol–water partition coefficient (Wildman–Crippen LogP) is 0.435. The maximum Gasteiger partial charge on any atom is 0.408 e. The Morgan fingerprint density at radius 2 is 1.76 bits per heavy atom. The molecule has 0 saturated heterocycles. The largest absolute Gasteiger partial charge is 0.453 e. The van der Waals surface area contributed by atoms with Crippen LogP contribution in [0.4, 0.5) is 9.59 Å². The van der Waals surface area contributed by atoms with Gasteiger partial charge in [-0.3, -0.25) is 4.79 Å². The number of nitrogens with one attached hydrogen (secondary N) is 2. The molecule has 2 amide bonds. The average molecular weight is 246 g/mol. The van der Waals surface area contributed by atoms with Crippen molar-refractivity contribution in [3.63, 3.8) is 0 Å². The molecule has 0 radical (unpaired) electrons. The minimum absolute atomic E-state index is 0.0464. The van der Waals surface area contributed by atoms with Crippen molar-refractivity contribution in [2.45, 2.75) is 32.9 Å². The summed E-state index contributed by atoms with van der Waals surface area (Å²) in [5, 5.41) is 4.67. The van der Waals surface area contributed by atoms with Gasteiger partial charge in [0.15, 0.2) is 5.78 Å². The molecular weight excluding hydrogens is 228 g/mol. The molecule has 0 rings (SSSR count). The highest BCUT2D eigenvalue weighted by atomic mass is 16.6. The maximum absolute atomic E-state index is 11.3. The second-order valence-corrected chi connectivity index (χ2v) is 3.63. The normalized spacial score (nSPS) is 11.6. The molecule has 7 nitrogen and oxygen atoms in total. The number of hydrogen-bond donors (Lipinski definition) is 2. The molecule has 7 heteroatoms. The van der Waals surface area contributed by atoms with Gasteiger partial charge in [-0.1, -0.05) is 0 Å². The summed E-state index contributed by atoms with van der Waals surface area (Å²) in [5.74, 6) is -0.290. The Hall–Kier alpha value is -1.79. The highest BCUT2D eigenvalue weighted by molar-refractivity contribution is 5.86. The lowest BCUT2D eigenvalue weighted by molar-refractivity contribution is -0.118. The van der Waals surface area contributed by atoms with Gasteiger partial charge in [0.1, 0.15) is 6.04 Å². The molecule has 98 valence electrons. The van der Waals surface area contributed by atoms with Crippen molar-refractivity contribution in [1.29, 1.82) is 0 Å². The van der Waals surface area contributed by atoms with Gasteiger partial charge in [-0.25, -0.2) is 9.59 Å². The summed E-state index contributed by atoms with van der Waals surface area (Å²) in [6.07, 6.45) is -1.65. The fourth-order valence-electron chi connectivity index (χ4n) is 0.944. The molecular formula is C10H18N2O5. The minimum atomic E-state index is -0.833. The highest BCUT2D eigenvalue weighted by Gasteiger charge is 2.19. The van der Waals surface area contributed by atoms with Crippen LogP contribution in [0.2, 0.25) is 0 Å². The van der Waals surface area contributed by atoms with Crippen molar-refractivity contribution in [2.75, 3.05) is 13.7 Å². The Morgan fingerprint density at radius 3 is 2.18 bits per heavy atom. The first-order valence-corrected chi connectivity index (χ1v) is 5.16. The maximum atomic E-state index is 11.3. The van der Waals surface area contributed by atoms with E-state index in [-0.39, 0.29) is 18.4 Å². The standard InChI is InChI=1S/C10H18N2O5/c1-6(2)17-10(15)12-8(7(3)13)5-11-9(14)16-4/h6,8H,5H2,1-4H3,(H,11,14)(H,12,15). The van der Waals surface area contributed by atoms with E-state index >= 15 is 0 Å². The van der Waals surface area contributed by atoms with E-state index < -0.39 is 18.2 Å². The van der Waals surface area contributed by atoms with E-state index in [2.05, 4.69) is 15.4 Å². The summed E-state index contributed by atoms with van der Waals surface area (Å²) in [6, 6.07) is -0.833. The van der Waals surface area contributed by atoms with Gasteiger partial charge in [-0.05, 0) is 20.8 Å². The van der Waals surface area contributed by atoms with Crippen LogP contribution in [0.3, 0.4) is 0 Å². The summed E-state index contributed by atoms with van der Waals surface area (Å²) < 4.78 is 9.16. The topological polar surface area (TPSA) is 93.7 Å². The predicted molar refractivity (Wildman–Crippen MR) is 59.6 cm³/mol. The van der Waals surface area contributed by atoms with E-state index in [0.29, 0.717) is 0 Å². The van der Waals surface area contributed by atoms with Crippen LogP contribution < -0.4 is 10.6 Å². The molecule has 0 fully saturated rings. The number of Topliss-reactive ketones (excluding diaryl/α,β-unsaturated/α-hetero) is 1. The van der Waals surface area contributed by atoms with Crippen LogP contribution in [-0.2, 0) is 14.3 Å². The van der Waals surface area contributed by atoms with Crippen molar-refractivity contribution in [2.24, 2.45) is 0 Å². The number of carbonyl (C=O) groups is 3. The van der Waals surface area contributed by atoms with Crippen LogP contribution >= 0.6 is 0 Å². The summed E-state index contributed by atoms with van der Waals surface area (Å²) in [4.78, 5) is 33.3. The first-order chi connectivity index (χ1) is 7.86. The van der Waals surface area contributed by atoms with E-state index in [0.717, 1.165) is 0 Å². The van der Waals surface area contributed by atoms with Gasteiger partial charge in [0.25, 0.3) is 0 Å². The lowest BCUT2D eigenvalue weighted by atomic mass is 10.2. The number of ether oxygens (including phenoxy) is 2. The third kappa shape index (κ3) is 7.15. The molecule has 0 saturated carbocycles. The number of carbonyl (C=O) groups excluding carboxylic acids is 3. The summed E-state index contributed by atoms with van der Waals surface area (Å²) >= 11 is 0. The fourth-order valence-corrected chi connectivity index (χ4v) is 0.944. The molecule has 0 bridgehead atoms. The molecule has 0 aromatic carbocycles. The van der Waals surface area contributed by atoms with Gasteiger partial charge in [-0.2, -0.15) is 0 Å². The molecule has 0 aliphatic rings. The molecule has 0 heterocycles. The second kappa shape index (κ2) is 7.48. The van der Waals surface area contributed by atoms with E-state index in [1.807, 2.05) is 0 Å². The Kier molecular flexibility index (Phi) is 6.69. The summed E-state index contributed by atoms with van der Waals surface area (Å²) in [7, 11) is 1.21. The van der Waals surface area contributed by atoms with Gasteiger partial charge in [0.05, 0.1) is 13.2 Å². The number of ketones is 1. The van der Waals surface area contributed by atoms with Crippen LogP contribution in [0.15, 0.2) is 0 Å². The van der Waals surface area contributed by atoms with Crippen molar-refractivity contribution >= 4 is 18.0 Å². The van der Waals surface area contributed by atoms with Gasteiger partial charge in [0, 0.05) is 6.54 Å². The molecule has 2 N–H and O–H groups in total. The average Bonchev–Trinajstić information content (AvgIpc) is 2.22. The lowest BCUT2D eigenvalue weighted by Gasteiger charge is -2.17. The number of alkyl carbamates (subject to hydrolysis) is 2. The molecule has 17 heavy (non-hydrogen) atoms. The minimum Gasteiger partial charge on any atom is -0.453 e. The monoisotopic (exact) mass is 246 g/mol. The van der Waals surface area contributed by atoms with Gasteiger partial charge >= 0.3 is 12.2 Å². The van der Waals surface area contributed by atoms with E-state index in [4.69, 9.17) is 4.74 Å². The van der Waals surface area contributed by atoms with Crippen LogP contribution in [-0.4, -0.2) is 43.8 Å². The molecule has 0 aromatic heterocycles. The first-order valence-electron chi connectivity index (χ1n) is 5.16. The number of amides is 2. The van der Waals surface area contributed by atoms with Crippen LogP contribution in [0.1, 0.15) is 20.8 Å². The van der Waals surface area contributed by atoms with Crippen molar-refractivity contribution in [1.82, 2.24) is 10.6 Å². The number of methoxy groups -OCH3 is 1. The van der Waals surface area contributed by atoms with Crippen molar-refractivity contribution in [3.8, 4) is 0 Å². The third-order valence-electron chi connectivity index (χ3n) is 1.76. The van der Waals surface area contributed by atoms with E-state index in [1.54, 1.807) is 13.8 Å². The van der Waals surface area contributed by atoms with Crippen LogP contribution in [0, 0.1) is 0 Å². The molecule has 1 unspecified atom stereocenters. The molecule has 0 aliphatic carbocycles. The zero-order chi connectivity index (χ0) is 13.4. The van der Waals surface area contributed by atoms with E-state index in [1.165, 1.54) is 14.0 Å². The SMILES string of the molecule is COC(=O)NCC(NC(=O)OC(C)C)C(C)=O. The molecule has 0 aromatic rings. The first kappa shape index (κ1) is 15.2. The van der Waals surface area contributed by atoms with Gasteiger partial charge < -0.3 is 20.1 Å². The smallest absolute Gasteiger partial charge is 0.408 e. The second-order valence-electron chi connectivity index (χ2n) is 3.63. The summed E-state index contributed by atoms with van der Waals surface area (Å²) in [5.41, 5.74) is 0. The Labute approximate surface area is 99.8 Å². The number of hydrogen-bond acceptors (Lipinski definition) is 5. The molecule has 1 atom stereocenters. The Balaban J connectivity index is 4.20. The summed E-state index contributed by atoms with van der Waals surface area (Å²) in [6.45, 7) is 4.64. The fraction of sp³-hybridized carbons (Fsp3) is 0.700. The zero-order valence-electron chi connectivity index (χ0n) is 10.4. The Bertz CT molecular complexity index is 290. The number of rotatable bonds is 5. The quantitative estimate of drug-likeness (QED) is 0.733. The Morgan fingerprint density at radius 1 is 1.18 bits per heavy atom. The highest BCUT2D eigenvalue weighted by Crippen LogP contribution is 1.92. The van der Waals surface area contributed by atoms with Crippen LogP contribution in [0.25, 0.3) is 0 Å². The van der Waals surface area contributed by atoms with Crippen LogP contribution in [0.5, 0.6) is 0 Å². The zero-order valence-corrected chi connectivity index (χ0v) is 10.4. The lowest BCUT2D eigenvalue weighted by Crippen LogP contribution is -2.48. The van der Waals surface area contributed by atoms with Crippen molar-refractivity contribution in [3.05, 3.63) is 0 Å². The van der Waals surface area contributed by atoms with Gasteiger partial charge in [0.2, 0.25) is 0 Å². The third-order valence-corrected chi connectivity index (χ3v) is 1.76. The molecule has 0 spiro atoms. The van der Waals surface area contributed by atoms with Gasteiger partial charge in [-0.15, -0.1) is 0 Å². The van der Waals surface area contributed by atoms with Crippen molar-refractivity contribution < 1.29 is 23.9 Å².